The van der Waals surface area contributed by atoms with E-state index in [0.717, 1.165) is 44.1 Å². The van der Waals surface area contributed by atoms with Gasteiger partial charge in [0.25, 0.3) is 0 Å². The minimum Gasteiger partial charge on any atom is -0.495 e. The highest BCUT2D eigenvalue weighted by molar-refractivity contribution is 7.87. The lowest BCUT2D eigenvalue weighted by molar-refractivity contribution is -0.0226. The fourth-order valence-electron chi connectivity index (χ4n) is 5.96. The number of fused-ring (bicyclic) bond motifs is 5. The average Bonchev–Trinajstić information content (AvgIpc) is 2.88. The van der Waals surface area contributed by atoms with Gasteiger partial charge in [0, 0.05) is 0 Å². The Morgan fingerprint density at radius 2 is 2.00 bits per heavy atom. The quantitative estimate of drug-likeness (QED) is 0.699. The van der Waals surface area contributed by atoms with Crippen LogP contribution in [0.4, 0.5) is 5.69 Å². The van der Waals surface area contributed by atoms with Crippen molar-refractivity contribution in [3.63, 3.8) is 0 Å². The molecule has 0 heterocycles. The fraction of sp³-hybridized carbons (Fsp3) is 0.684. The number of nitrogens with one attached hydrogen (secondary N) is 1. The Hall–Kier alpha value is -1.31. The number of rotatable bonds is 3. The minimum absolute atomic E-state index is 0.0369. The molecule has 1 aromatic rings. The van der Waals surface area contributed by atoms with Crippen LogP contribution in [0.2, 0.25) is 0 Å². The highest BCUT2D eigenvalue weighted by atomic mass is 32.2. The summed E-state index contributed by atoms with van der Waals surface area (Å²) < 4.78 is 39.1. The van der Waals surface area contributed by atoms with E-state index in [1.807, 2.05) is 6.07 Å². The van der Waals surface area contributed by atoms with Crippen LogP contribution in [-0.4, -0.2) is 31.3 Å². The van der Waals surface area contributed by atoms with E-state index in [1.54, 1.807) is 6.07 Å². The largest absolute Gasteiger partial charge is 0.495 e. The van der Waals surface area contributed by atoms with Crippen LogP contribution in [0.3, 0.4) is 0 Å². The standard InChI is InChI=1S/C19H27NO5S/c1-19-8-7-12-13(15(19)5-6-18(19)21)4-3-11-9-16(20-26(22,23)24)17(25-2)10-14(11)12/h9-10,12-13,15,18,20-21H,3-8H2,1-2H3,(H,22,23,24)/t12-,13+,15-,18-,19-/m0/s1. The molecule has 4 rings (SSSR count). The Morgan fingerprint density at radius 3 is 2.69 bits per heavy atom. The second kappa shape index (κ2) is 6.11. The van der Waals surface area contributed by atoms with Crippen LogP contribution in [0.1, 0.15) is 56.1 Å². The van der Waals surface area contributed by atoms with Gasteiger partial charge >= 0.3 is 10.3 Å². The molecule has 26 heavy (non-hydrogen) atoms. The Morgan fingerprint density at radius 1 is 1.23 bits per heavy atom. The topological polar surface area (TPSA) is 95.9 Å². The van der Waals surface area contributed by atoms with E-state index in [0.29, 0.717) is 23.5 Å². The molecule has 0 saturated heterocycles. The third-order valence-electron chi connectivity index (χ3n) is 7.23. The molecule has 0 aromatic heterocycles. The number of methoxy groups -OCH3 is 1. The first kappa shape index (κ1) is 18.1. The van der Waals surface area contributed by atoms with Crippen LogP contribution in [0.15, 0.2) is 12.1 Å². The summed E-state index contributed by atoms with van der Waals surface area (Å²) in [5.74, 6) is 1.96. The van der Waals surface area contributed by atoms with Gasteiger partial charge < -0.3 is 9.84 Å². The molecule has 0 aliphatic heterocycles. The number of ether oxygens (including phenoxy) is 1. The molecular formula is C19H27NO5S. The van der Waals surface area contributed by atoms with Gasteiger partial charge in [-0.3, -0.25) is 9.27 Å². The van der Waals surface area contributed by atoms with Crippen LogP contribution in [-0.2, 0) is 16.7 Å². The summed E-state index contributed by atoms with van der Waals surface area (Å²) in [6.45, 7) is 2.25. The van der Waals surface area contributed by atoms with Gasteiger partial charge in [-0.05, 0) is 85.0 Å². The smallest absolute Gasteiger partial charge is 0.357 e. The number of anilines is 1. The Labute approximate surface area is 154 Å². The normalized spacial score (nSPS) is 36.0. The monoisotopic (exact) mass is 381 g/mol. The van der Waals surface area contributed by atoms with Crippen molar-refractivity contribution in [2.75, 3.05) is 11.8 Å². The van der Waals surface area contributed by atoms with Crippen molar-refractivity contribution in [3.8, 4) is 5.75 Å². The van der Waals surface area contributed by atoms with Crippen molar-refractivity contribution in [1.29, 1.82) is 0 Å². The van der Waals surface area contributed by atoms with Crippen molar-refractivity contribution in [3.05, 3.63) is 23.3 Å². The molecule has 0 unspecified atom stereocenters. The first-order valence-corrected chi connectivity index (χ1v) is 10.8. The molecule has 1 aromatic carbocycles. The molecule has 7 heteroatoms. The van der Waals surface area contributed by atoms with Gasteiger partial charge in [0.15, 0.2) is 0 Å². The maximum absolute atomic E-state index is 11.2. The molecule has 0 radical (unpaired) electrons. The van der Waals surface area contributed by atoms with Crippen molar-refractivity contribution in [1.82, 2.24) is 0 Å². The van der Waals surface area contributed by atoms with Crippen LogP contribution < -0.4 is 9.46 Å². The lowest BCUT2D eigenvalue weighted by Gasteiger charge is -2.50. The summed E-state index contributed by atoms with van der Waals surface area (Å²) in [5.41, 5.74) is 2.68. The second-order valence-electron chi connectivity index (χ2n) is 8.38. The third kappa shape index (κ3) is 2.80. The molecule has 0 bridgehead atoms. The van der Waals surface area contributed by atoms with Gasteiger partial charge in [-0.15, -0.1) is 0 Å². The van der Waals surface area contributed by atoms with Gasteiger partial charge in [-0.25, -0.2) is 0 Å². The van der Waals surface area contributed by atoms with E-state index in [2.05, 4.69) is 11.6 Å². The van der Waals surface area contributed by atoms with Gasteiger partial charge in [0.2, 0.25) is 0 Å². The summed E-state index contributed by atoms with van der Waals surface area (Å²) in [4.78, 5) is 0. The van der Waals surface area contributed by atoms with Crippen molar-refractivity contribution < 1.29 is 22.8 Å². The summed E-state index contributed by atoms with van der Waals surface area (Å²) in [6.07, 6.45) is 5.80. The first-order valence-electron chi connectivity index (χ1n) is 9.37. The zero-order valence-corrected chi connectivity index (χ0v) is 16.1. The van der Waals surface area contributed by atoms with E-state index < -0.39 is 10.3 Å². The molecule has 3 aliphatic rings. The predicted octanol–water partition coefficient (Wildman–Crippen LogP) is 3.13. The number of hydrogen-bond donors (Lipinski definition) is 3. The lowest BCUT2D eigenvalue weighted by atomic mass is 9.55. The maximum atomic E-state index is 11.2. The van der Waals surface area contributed by atoms with Gasteiger partial charge in [-0.1, -0.05) is 6.92 Å². The number of aryl methyl sites for hydroxylation is 1. The van der Waals surface area contributed by atoms with Crippen molar-refractivity contribution >= 4 is 16.0 Å². The lowest BCUT2D eigenvalue weighted by Crippen LogP contribution is -2.43. The molecule has 5 atom stereocenters. The zero-order valence-electron chi connectivity index (χ0n) is 15.2. The Balaban J connectivity index is 1.70. The molecular weight excluding hydrogens is 354 g/mol. The summed E-state index contributed by atoms with van der Waals surface area (Å²) >= 11 is 0. The number of aliphatic hydroxyl groups is 1. The van der Waals surface area contributed by atoms with E-state index in [4.69, 9.17) is 9.29 Å². The van der Waals surface area contributed by atoms with E-state index in [-0.39, 0.29) is 17.2 Å². The first-order chi connectivity index (χ1) is 12.2. The van der Waals surface area contributed by atoms with Crippen molar-refractivity contribution in [2.24, 2.45) is 17.3 Å². The van der Waals surface area contributed by atoms with E-state index in [9.17, 15) is 13.5 Å². The molecule has 3 aliphatic carbocycles. The number of benzene rings is 1. The minimum atomic E-state index is -4.34. The van der Waals surface area contributed by atoms with Crippen LogP contribution >= 0.6 is 0 Å². The fourth-order valence-corrected chi connectivity index (χ4v) is 6.40. The number of aliphatic hydroxyl groups excluding tert-OH is 1. The van der Waals surface area contributed by atoms with Gasteiger partial charge in [-0.2, -0.15) is 8.42 Å². The third-order valence-corrected chi connectivity index (χ3v) is 7.71. The second-order valence-corrected chi connectivity index (χ2v) is 9.54. The molecule has 0 spiro atoms. The highest BCUT2D eigenvalue weighted by Gasteiger charge is 2.54. The molecule has 2 saturated carbocycles. The predicted molar refractivity (Wildman–Crippen MR) is 98.8 cm³/mol. The highest BCUT2D eigenvalue weighted by Crippen LogP contribution is 2.61. The van der Waals surface area contributed by atoms with Crippen LogP contribution in [0, 0.1) is 17.3 Å². The van der Waals surface area contributed by atoms with Crippen LogP contribution in [0.5, 0.6) is 5.75 Å². The number of hydrogen-bond acceptors (Lipinski definition) is 4. The Bertz CT molecular complexity index is 823. The SMILES string of the molecule is COc1cc2c(cc1NS(=O)(=O)O)CC[C@@H]1[C@@H]2CC[C@]2(C)[C@@H](O)CC[C@@H]12. The Kier molecular flexibility index (Phi) is 4.24. The summed E-state index contributed by atoms with van der Waals surface area (Å²) in [6, 6.07) is 3.74. The van der Waals surface area contributed by atoms with Crippen molar-refractivity contribution in [2.45, 2.75) is 57.5 Å². The summed E-state index contributed by atoms with van der Waals surface area (Å²) in [5, 5.41) is 10.5. The molecule has 0 amide bonds. The molecule has 3 N–H and O–H groups in total. The zero-order chi connectivity index (χ0) is 18.7. The van der Waals surface area contributed by atoms with E-state index in [1.165, 1.54) is 12.7 Å². The molecule has 144 valence electrons. The van der Waals surface area contributed by atoms with Gasteiger partial charge in [0.05, 0.1) is 18.9 Å². The molecule has 2 fully saturated rings. The van der Waals surface area contributed by atoms with Gasteiger partial charge in [0.1, 0.15) is 5.75 Å². The average molecular weight is 381 g/mol. The van der Waals surface area contributed by atoms with E-state index >= 15 is 0 Å². The maximum Gasteiger partial charge on any atom is 0.357 e. The summed E-state index contributed by atoms with van der Waals surface area (Å²) in [7, 11) is -2.84. The molecule has 6 nitrogen and oxygen atoms in total. The van der Waals surface area contributed by atoms with Crippen LogP contribution in [0.25, 0.3) is 0 Å².